The van der Waals surface area contributed by atoms with Crippen molar-refractivity contribution in [3.8, 4) is 0 Å². The monoisotopic (exact) mass is 492 g/mol. The lowest BCUT2D eigenvalue weighted by molar-refractivity contribution is -0.340. The second-order valence-corrected chi connectivity index (χ2v) is 12.0. The van der Waals surface area contributed by atoms with Gasteiger partial charge in [-0.25, -0.2) is 4.79 Å². The molecule has 6 rings (SSSR count). The van der Waals surface area contributed by atoms with Crippen LogP contribution in [-0.2, 0) is 28.6 Å². The third-order valence-electron chi connectivity index (χ3n) is 10.5. The molecule has 0 aromatic carbocycles. The molecule has 6 aliphatic rings. The van der Waals surface area contributed by atoms with E-state index in [4.69, 9.17) is 14.2 Å². The predicted molar refractivity (Wildman–Crippen MR) is 115 cm³/mol. The molecular formula is C25H32O10. The number of carbonyl (C=O) groups is 3. The zero-order valence-corrected chi connectivity index (χ0v) is 20.0. The molecule has 2 heterocycles. The van der Waals surface area contributed by atoms with E-state index in [-0.39, 0.29) is 6.61 Å². The first kappa shape index (κ1) is 23.5. The quantitative estimate of drug-likeness (QED) is 0.377. The number of ketones is 1. The van der Waals surface area contributed by atoms with E-state index in [2.05, 4.69) is 0 Å². The van der Waals surface area contributed by atoms with Gasteiger partial charge in [0.25, 0.3) is 0 Å². The van der Waals surface area contributed by atoms with Crippen LogP contribution in [0.3, 0.4) is 0 Å². The van der Waals surface area contributed by atoms with E-state index in [1.165, 1.54) is 6.08 Å². The molecule has 4 aliphatic carbocycles. The van der Waals surface area contributed by atoms with Crippen molar-refractivity contribution in [2.45, 2.75) is 70.2 Å². The van der Waals surface area contributed by atoms with Crippen LogP contribution in [0.25, 0.3) is 0 Å². The molecule has 0 aromatic rings. The Bertz CT molecular complexity index is 1050. The lowest BCUT2D eigenvalue weighted by Crippen LogP contribution is -2.78. The van der Waals surface area contributed by atoms with Crippen LogP contribution in [0, 0.1) is 39.9 Å². The molecule has 1 spiro atoms. The first-order valence-electron chi connectivity index (χ1n) is 12.4. The fourth-order valence-corrected chi connectivity index (χ4v) is 8.55. The zero-order valence-electron chi connectivity index (χ0n) is 20.0. The molecule has 192 valence electrons. The van der Waals surface area contributed by atoms with Gasteiger partial charge in [0.15, 0.2) is 11.6 Å². The Labute approximate surface area is 202 Å². The number of esters is 2. The minimum absolute atomic E-state index is 0.0939. The summed E-state index contributed by atoms with van der Waals surface area (Å²) in [6.07, 6.45) is -2.47. The fraction of sp³-hybridized carbons (Fsp3) is 0.800. The molecule has 3 saturated carbocycles. The van der Waals surface area contributed by atoms with Crippen molar-refractivity contribution in [1.82, 2.24) is 0 Å². The molecule has 35 heavy (non-hydrogen) atoms. The molecule has 0 amide bonds. The van der Waals surface area contributed by atoms with Crippen LogP contribution in [0.1, 0.15) is 40.0 Å². The first-order chi connectivity index (χ1) is 16.4. The maximum absolute atomic E-state index is 13.3. The Hall–Kier alpha value is -1.85. The Morgan fingerprint density at radius 2 is 1.94 bits per heavy atom. The van der Waals surface area contributed by atoms with Crippen molar-refractivity contribution < 1.29 is 49.0 Å². The standard InChI is InChI=1S/C25H32O10/c1-10-6-13(27)18(29)22(3)12(10)7-14-24-9-33-25(32,20(22)24)17(28)11(2)15(24)16(19(30)34-14)35-21(31)23(8-26)4-5-23/h6,11-12,14-18,20,26,28-29,32H,4-5,7-9H2,1-3H3/t11-,12+,14-,15-,16-,17-,18-,20-,22-,24+,25+/m1/s1. The number of hydrogen-bond donors (Lipinski definition) is 4. The molecule has 0 unspecified atom stereocenters. The van der Waals surface area contributed by atoms with Crippen molar-refractivity contribution in [3.63, 3.8) is 0 Å². The van der Waals surface area contributed by atoms with Crippen LogP contribution in [0.15, 0.2) is 11.6 Å². The molecule has 0 radical (unpaired) electrons. The molecule has 2 bridgehead atoms. The molecule has 10 heteroatoms. The summed E-state index contributed by atoms with van der Waals surface area (Å²) >= 11 is 0. The zero-order chi connectivity index (χ0) is 25.3. The molecular weight excluding hydrogens is 460 g/mol. The van der Waals surface area contributed by atoms with Crippen molar-refractivity contribution in [3.05, 3.63) is 11.6 Å². The average molecular weight is 493 g/mol. The second kappa shape index (κ2) is 6.92. The summed E-state index contributed by atoms with van der Waals surface area (Å²) in [5.74, 6) is -6.93. The maximum Gasteiger partial charge on any atom is 0.348 e. The van der Waals surface area contributed by atoms with Gasteiger partial charge >= 0.3 is 11.9 Å². The van der Waals surface area contributed by atoms with Crippen LogP contribution in [-0.4, -0.2) is 81.6 Å². The topological polar surface area (TPSA) is 160 Å². The summed E-state index contributed by atoms with van der Waals surface area (Å²) in [4.78, 5) is 39.0. The summed E-state index contributed by atoms with van der Waals surface area (Å²) in [5, 5.41) is 44.1. The van der Waals surface area contributed by atoms with E-state index >= 15 is 0 Å². The van der Waals surface area contributed by atoms with E-state index in [1.54, 1.807) is 20.8 Å². The fourth-order valence-electron chi connectivity index (χ4n) is 8.55. The largest absolute Gasteiger partial charge is 0.459 e. The van der Waals surface area contributed by atoms with Gasteiger partial charge in [0.05, 0.1) is 18.6 Å². The van der Waals surface area contributed by atoms with Crippen molar-refractivity contribution in [2.24, 2.45) is 39.9 Å². The minimum Gasteiger partial charge on any atom is -0.459 e. The molecule has 0 aromatic heterocycles. The van der Waals surface area contributed by atoms with Crippen LogP contribution < -0.4 is 0 Å². The number of allylic oxidation sites excluding steroid dienone is 1. The minimum atomic E-state index is -2.10. The number of rotatable bonds is 3. The van der Waals surface area contributed by atoms with Crippen LogP contribution in [0.5, 0.6) is 0 Å². The van der Waals surface area contributed by atoms with Gasteiger partial charge in [-0.1, -0.05) is 19.4 Å². The summed E-state index contributed by atoms with van der Waals surface area (Å²) < 4.78 is 17.6. The smallest absolute Gasteiger partial charge is 0.348 e. The van der Waals surface area contributed by atoms with Gasteiger partial charge < -0.3 is 34.6 Å². The van der Waals surface area contributed by atoms with Gasteiger partial charge in [0, 0.05) is 22.7 Å². The van der Waals surface area contributed by atoms with Crippen LogP contribution in [0.4, 0.5) is 0 Å². The van der Waals surface area contributed by atoms with E-state index in [0.29, 0.717) is 24.8 Å². The lowest BCUT2D eigenvalue weighted by atomic mass is 9.38. The number of carbonyl (C=O) groups excluding carboxylic acids is 3. The molecule has 5 fully saturated rings. The van der Waals surface area contributed by atoms with E-state index in [1.807, 2.05) is 0 Å². The predicted octanol–water partition coefficient (Wildman–Crippen LogP) is -0.540. The number of hydrogen-bond acceptors (Lipinski definition) is 10. The van der Waals surface area contributed by atoms with Gasteiger partial charge in [-0.2, -0.15) is 0 Å². The SMILES string of the molecule is CC1=CC(=O)[C@@H](O)[C@]2(C)[C@H]3[C@@]4(O)OC[C@]35[C@H]([C@@H](C)[C@H]4O)[C@@H](OC(=O)C3(CO)CC3)C(=O)O[C@@H]5C[C@@H]12. The van der Waals surface area contributed by atoms with Crippen LogP contribution >= 0.6 is 0 Å². The van der Waals surface area contributed by atoms with E-state index in [9.17, 15) is 34.8 Å². The van der Waals surface area contributed by atoms with Gasteiger partial charge in [0.1, 0.15) is 18.3 Å². The van der Waals surface area contributed by atoms with Crippen molar-refractivity contribution >= 4 is 17.7 Å². The Kier molecular flexibility index (Phi) is 4.65. The van der Waals surface area contributed by atoms with E-state index in [0.717, 1.165) is 0 Å². The lowest BCUT2D eigenvalue weighted by Gasteiger charge is -2.68. The highest BCUT2D eigenvalue weighted by molar-refractivity contribution is 5.96. The van der Waals surface area contributed by atoms with Gasteiger partial charge in [-0.05, 0) is 44.1 Å². The maximum atomic E-state index is 13.3. The molecule has 11 atom stereocenters. The van der Waals surface area contributed by atoms with Crippen LogP contribution in [0.2, 0.25) is 0 Å². The Balaban J connectivity index is 1.51. The molecule has 2 aliphatic heterocycles. The summed E-state index contributed by atoms with van der Waals surface area (Å²) in [5.41, 5.74) is -2.66. The Morgan fingerprint density at radius 1 is 1.26 bits per heavy atom. The van der Waals surface area contributed by atoms with Crippen molar-refractivity contribution in [2.75, 3.05) is 13.2 Å². The molecule has 2 saturated heterocycles. The summed E-state index contributed by atoms with van der Waals surface area (Å²) in [6, 6.07) is 0. The van der Waals surface area contributed by atoms with E-state index < -0.39 is 94.4 Å². The number of aliphatic hydroxyl groups is 4. The van der Waals surface area contributed by atoms with Gasteiger partial charge in [0.2, 0.25) is 6.10 Å². The van der Waals surface area contributed by atoms with Gasteiger partial charge in [-0.3, -0.25) is 9.59 Å². The number of ether oxygens (including phenoxy) is 3. The highest BCUT2D eigenvalue weighted by atomic mass is 16.7. The molecule has 10 nitrogen and oxygen atoms in total. The normalized spacial score (nSPS) is 53.2. The van der Waals surface area contributed by atoms with Crippen molar-refractivity contribution in [1.29, 1.82) is 0 Å². The highest BCUT2D eigenvalue weighted by Crippen LogP contribution is 2.73. The highest BCUT2D eigenvalue weighted by Gasteiger charge is 2.83. The number of fused-ring (bicyclic) bond motifs is 1. The second-order valence-electron chi connectivity index (χ2n) is 12.0. The first-order valence-corrected chi connectivity index (χ1v) is 12.4. The average Bonchev–Trinajstić information content (AvgIpc) is 3.56. The summed E-state index contributed by atoms with van der Waals surface area (Å²) in [7, 11) is 0. The third kappa shape index (κ3) is 2.55. The summed E-state index contributed by atoms with van der Waals surface area (Å²) in [6.45, 7) is 4.68. The number of aliphatic hydroxyl groups excluding tert-OH is 3. The Morgan fingerprint density at radius 3 is 2.57 bits per heavy atom. The third-order valence-corrected chi connectivity index (χ3v) is 10.5. The van der Waals surface area contributed by atoms with Gasteiger partial charge in [-0.15, -0.1) is 0 Å². The molecule has 4 N–H and O–H groups in total.